The van der Waals surface area contributed by atoms with Crippen molar-refractivity contribution in [2.45, 2.75) is 25.7 Å². The predicted molar refractivity (Wildman–Crippen MR) is 84.9 cm³/mol. The highest BCUT2D eigenvalue weighted by Gasteiger charge is 2.09. The molecule has 0 aromatic heterocycles. The molecule has 0 unspecified atom stereocenters. The van der Waals surface area contributed by atoms with Gasteiger partial charge in [0.2, 0.25) is 0 Å². The summed E-state index contributed by atoms with van der Waals surface area (Å²) < 4.78 is 1.00. The molecule has 3 N–H and O–H groups in total. The van der Waals surface area contributed by atoms with Gasteiger partial charge in [0.1, 0.15) is 0 Å². The van der Waals surface area contributed by atoms with Crippen molar-refractivity contribution in [1.29, 1.82) is 0 Å². The molecule has 0 radical (unpaired) electrons. The molecule has 19 heavy (non-hydrogen) atoms. The maximum absolute atomic E-state index is 6.01. The summed E-state index contributed by atoms with van der Waals surface area (Å²) >= 11 is 3.42. The number of nitrogen functional groups attached to an aromatic ring is 1. The van der Waals surface area contributed by atoms with E-state index in [1.165, 1.54) is 36.8 Å². The van der Waals surface area contributed by atoms with Crippen molar-refractivity contribution in [3.63, 3.8) is 0 Å². The fourth-order valence-corrected chi connectivity index (χ4v) is 2.99. The molecule has 0 atom stereocenters. The van der Waals surface area contributed by atoms with Crippen LogP contribution in [0.5, 0.6) is 0 Å². The quantitative estimate of drug-likeness (QED) is 0.791. The Morgan fingerprint density at radius 2 is 1.74 bits per heavy atom. The predicted octanol–water partition coefficient (Wildman–Crippen LogP) is 4.65. The number of fused-ring (bicyclic) bond motifs is 1. The van der Waals surface area contributed by atoms with Crippen molar-refractivity contribution in [3.8, 4) is 0 Å². The molecular formula is C16H17BrN2. The molecule has 0 saturated carbocycles. The van der Waals surface area contributed by atoms with Gasteiger partial charge in [0.25, 0.3) is 0 Å². The first-order valence-corrected chi connectivity index (χ1v) is 7.45. The molecule has 0 spiro atoms. The molecule has 3 rings (SSSR count). The minimum absolute atomic E-state index is 0.757. The van der Waals surface area contributed by atoms with Crippen LogP contribution in [0.2, 0.25) is 0 Å². The van der Waals surface area contributed by atoms with Gasteiger partial charge in [-0.2, -0.15) is 0 Å². The summed E-state index contributed by atoms with van der Waals surface area (Å²) in [4.78, 5) is 0. The minimum atomic E-state index is 0.757. The Balaban J connectivity index is 1.87. The molecule has 3 heteroatoms. The highest BCUT2D eigenvalue weighted by atomic mass is 79.9. The molecule has 0 amide bonds. The lowest BCUT2D eigenvalue weighted by Crippen LogP contribution is -2.03. The lowest BCUT2D eigenvalue weighted by atomic mass is 9.91. The minimum Gasteiger partial charge on any atom is -0.397 e. The number of hydrogen-bond acceptors (Lipinski definition) is 2. The first kappa shape index (κ1) is 12.5. The molecule has 0 bridgehead atoms. The normalized spacial score (nSPS) is 13.9. The zero-order valence-corrected chi connectivity index (χ0v) is 12.3. The first-order chi connectivity index (χ1) is 9.22. The summed E-state index contributed by atoms with van der Waals surface area (Å²) in [6.07, 6.45) is 5.03. The molecule has 0 saturated heterocycles. The van der Waals surface area contributed by atoms with E-state index >= 15 is 0 Å². The lowest BCUT2D eigenvalue weighted by molar-refractivity contribution is 0.686. The summed E-state index contributed by atoms with van der Waals surface area (Å²) in [5.41, 5.74) is 11.8. The average molecular weight is 317 g/mol. The highest BCUT2D eigenvalue weighted by molar-refractivity contribution is 9.10. The van der Waals surface area contributed by atoms with Crippen LogP contribution in [-0.2, 0) is 12.8 Å². The van der Waals surface area contributed by atoms with E-state index in [1.807, 2.05) is 18.2 Å². The van der Waals surface area contributed by atoms with Gasteiger partial charge in [0, 0.05) is 10.2 Å². The van der Waals surface area contributed by atoms with Gasteiger partial charge >= 0.3 is 0 Å². The lowest BCUT2D eigenvalue weighted by Gasteiger charge is -2.17. The number of aryl methyl sites for hydroxylation is 2. The fraction of sp³-hybridized carbons (Fsp3) is 0.250. The van der Waals surface area contributed by atoms with Crippen molar-refractivity contribution in [2.75, 3.05) is 11.1 Å². The van der Waals surface area contributed by atoms with E-state index in [4.69, 9.17) is 5.73 Å². The zero-order valence-electron chi connectivity index (χ0n) is 10.7. The van der Waals surface area contributed by atoms with E-state index in [2.05, 4.69) is 39.4 Å². The summed E-state index contributed by atoms with van der Waals surface area (Å²) in [6.45, 7) is 0. The molecule has 2 nitrogen and oxygen atoms in total. The first-order valence-electron chi connectivity index (χ1n) is 6.66. The monoisotopic (exact) mass is 316 g/mol. The van der Waals surface area contributed by atoms with E-state index in [0.29, 0.717) is 0 Å². The maximum atomic E-state index is 6.01. The molecule has 0 heterocycles. The van der Waals surface area contributed by atoms with Crippen LogP contribution >= 0.6 is 15.9 Å². The van der Waals surface area contributed by atoms with E-state index in [0.717, 1.165) is 21.5 Å². The Morgan fingerprint density at radius 3 is 2.53 bits per heavy atom. The Labute approximate surface area is 122 Å². The van der Waals surface area contributed by atoms with Gasteiger partial charge in [-0.1, -0.05) is 22.0 Å². The third-order valence-electron chi connectivity index (χ3n) is 3.64. The van der Waals surface area contributed by atoms with Crippen molar-refractivity contribution in [1.82, 2.24) is 0 Å². The number of rotatable bonds is 2. The van der Waals surface area contributed by atoms with Gasteiger partial charge in [0.05, 0.1) is 11.4 Å². The van der Waals surface area contributed by atoms with E-state index in [9.17, 15) is 0 Å². The average Bonchev–Trinajstić information content (AvgIpc) is 2.42. The molecule has 0 fully saturated rings. The summed E-state index contributed by atoms with van der Waals surface area (Å²) in [7, 11) is 0. The second-order valence-corrected chi connectivity index (χ2v) is 5.96. The molecule has 1 aliphatic rings. The van der Waals surface area contributed by atoms with Crippen molar-refractivity contribution < 1.29 is 0 Å². The van der Waals surface area contributed by atoms with Crippen LogP contribution in [0.4, 0.5) is 17.1 Å². The number of nitrogens with two attached hydrogens (primary N) is 1. The number of nitrogens with one attached hydrogen (secondary N) is 1. The fourth-order valence-electron chi connectivity index (χ4n) is 2.61. The third kappa shape index (κ3) is 2.76. The van der Waals surface area contributed by atoms with Gasteiger partial charge in [-0.3, -0.25) is 0 Å². The van der Waals surface area contributed by atoms with Crippen LogP contribution in [-0.4, -0.2) is 0 Å². The van der Waals surface area contributed by atoms with Crippen molar-refractivity contribution in [2.24, 2.45) is 0 Å². The van der Waals surface area contributed by atoms with Gasteiger partial charge in [-0.15, -0.1) is 0 Å². The molecule has 0 aliphatic heterocycles. The SMILES string of the molecule is Nc1cc(Br)ccc1Nc1ccc2c(c1)CCCC2. The zero-order chi connectivity index (χ0) is 13.2. The Morgan fingerprint density at radius 1 is 0.947 bits per heavy atom. The van der Waals surface area contributed by atoms with Gasteiger partial charge < -0.3 is 11.1 Å². The van der Waals surface area contributed by atoms with Crippen LogP contribution in [0, 0.1) is 0 Å². The van der Waals surface area contributed by atoms with E-state index < -0.39 is 0 Å². The van der Waals surface area contributed by atoms with Crippen molar-refractivity contribution >= 4 is 33.0 Å². The molecule has 1 aliphatic carbocycles. The number of benzene rings is 2. The molecule has 2 aromatic rings. The highest BCUT2D eigenvalue weighted by Crippen LogP contribution is 2.29. The topological polar surface area (TPSA) is 38.0 Å². The van der Waals surface area contributed by atoms with Gasteiger partial charge in [-0.25, -0.2) is 0 Å². The van der Waals surface area contributed by atoms with Gasteiger partial charge in [-0.05, 0) is 67.1 Å². The Bertz CT molecular complexity index is 608. The third-order valence-corrected chi connectivity index (χ3v) is 4.13. The standard InChI is InChI=1S/C16H17BrN2/c17-13-6-8-16(15(18)10-13)19-14-7-5-11-3-1-2-4-12(11)9-14/h5-10,19H,1-4,18H2. The molecule has 2 aromatic carbocycles. The number of halogens is 1. The second kappa shape index (κ2) is 5.25. The number of hydrogen-bond donors (Lipinski definition) is 2. The van der Waals surface area contributed by atoms with Crippen LogP contribution in [0.3, 0.4) is 0 Å². The van der Waals surface area contributed by atoms with Crippen molar-refractivity contribution in [3.05, 3.63) is 52.0 Å². The summed E-state index contributed by atoms with van der Waals surface area (Å²) in [6, 6.07) is 12.6. The second-order valence-electron chi connectivity index (χ2n) is 5.05. The largest absolute Gasteiger partial charge is 0.397 e. The van der Waals surface area contributed by atoms with Gasteiger partial charge in [0.15, 0.2) is 0 Å². The molecule has 98 valence electrons. The maximum Gasteiger partial charge on any atom is 0.0618 e. The van der Waals surface area contributed by atoms with Crippen LogP contribution in [0.15, 0.2) is 40.9 Å². The van der Waals surface area contributed by atoms with Crippen LogP contribution < -0.4 is 11.1 Å². The smallest absolute Gasteiger partial charge is 0.0618 e. The Kier molecular flexibility index (Phi) is 3.47. The van der Waals surface area contributed by atoms with Crippen LogP contribution in [0.1, 0.15) is 24.0 Å². The van der Waals surface area contributed by atoms with E-state index in [1.54, 1.807) is 0 Å². The van der Waals surface area contributed by atoms with Crippen LogP contribution in [0.25, 0.3) is 0 Å². The summed E-state index contributed by atoms with van der Waals surface area (Å²) in [5, 5.41) is 3.40. The van der Waals surface area contributed by atoms with E-state index in [-0.39, 0.29) is 0 Å². The Hall–Kier alpha value is -1.48. The number of anilines is 3. The molecular weight excluding hydrogens is 300 g/mol. The summed E-state index contributed by atoms with van der Waals surface area (Å²) in [5.74, 6) is 0.